The fourth-order valence-electron chi connectivity index (χ4n) is 5.87. The Bertz CT molecular complexity index is 1750. The molecule has 0 atom stereocenters. The molecule has 6 aromatic rings. The predicted molar refractivity (Wildman–Crippen MR) is 182 cm³/mol. The number of hydrogen-bond donors (Lipinski definition) is 0. The van der Waals surface area contributed by atoms with Crippen molar-refractivity contribution >= 4 is 58.0 Å². The van der Waals surface area contributed by atoms with Gasteiger partial charge in [-0.05, 0) is 107 Å². The summed E-state index contributed by atoms with van der Waals surface area (Å²) in [6.45, 7) is 6.56. The summed E-state index contributed by atoms with van der Waals surface area (Å²) in [7, 11) is -0.755. The van der Waals surface area contributed by atoms with Gasteiger partial charge >= 0.3 is 0 Å². The van der Waals surface area contributed by atoms with Crippen molar-refractivity contribution in [3.05, 3.63) is 162 Å². The molecule has 0 amide bonds. The van der Waals surface area contributed by atoms with Crippen molar-refractivity contribution in [2.75, 3.05) is 9.80 Å². The molecule has 6 aromatic carbocycles. The zero-order valence-electron chi connectivity index (χ0n) is 24.2. The van der Waals surface area contributed by atoms with Gasteiger partial charge in [0.05, 0.1) is 11.4 Å². The van der Waals surface area contributed by atoms with Crippen LogP contribution in [0.2, 0.25) is 0 Å². The smallest absolute Gasteiger partial charge is 0.0545 e. The molecule has 204 valence electrons. The third-order valence-electron chi connectivity index (χ3n) is 7.91. The Labute approximate surface area is 250 Å². The molecular formula is C39H33N2P. The van der Waals surface area contributed by atoms with Crippen LogP contribution in [0.5, 0.6) is 0 Å². The van der Waals surface area contributed by atoms with E-state index < -0.39 is 7.92 Å². The molecule has 3 heteroatoms. The van der Waals surface area contributed by atoms with Crippen molar-refractivity contribution in [1.82, 2.24) is 0 Å². The van der Waals surface area contributed by atoms with Crippen molar-refractivity contribution in [2.24, 2.45) is 0 Å². The van der Waals surface area contributed by atoms with Crippen LogP contribution in [0.15, 0.2) is 146 Å². The van der Waals surface area contributed by atoms with Gasteiger partial charge in [-0.3, -0.25) is 0 Å². The maximum Gasteiger partial charge on any atom is 0.0545 e. The topological polar surface area (TPSA) is 6.48 Å². The zero-order valence-corrected chi connectivity index (χ0v) is 25.1. The van der Waals surface area contributed by atoms with Crippen molar-refractivity contribution in [2.45, 2.75) is 20.8 Å². The summed E-state index contributed by atoms with van der Waals surface area (Å²) < 4.78 is 0. The number of nitrogens with zero attached hydrogens (tertiary/aromatic N) is 2. The van der Waals surface area contributed by atoms with E-state index in [1.807, 2.05) is 0 Å². The molecular weight excluding hydrogens is 527 g/mol. The number of benzene rings is 6. The Balaban J connectivity index is 1.37. The minimum Gasteiger partial charge on any atom is -0.311 e. The molecule has 0 saturated carbocycles. The maximum absolute atomic E-state index is 2.45. The van der Waals surface area contributed by atoms with E-state index in [0.717, 1.165) is 17.1 Å². The number of anilines is 6. The number of fused-ring (bicyclic) bond motifs is 2. The molecule has 0 spiro atoms. The first-order valence-electron chi connectivity index (χ1n) is 14.5. The van der Waals surface area contributed by atoms with E-state index in [9.17, 15) is 0 Å². The van der Waals surface area contributed by atoms with E-state index in [4.69, 9.17) is 0 Å². The number of aryl methyl sites for hydroxylation is 3. The SMILES string of the molecule is Cc1ccc(N2c3ccc(C)cc3P(c3ccc(N(c4ccccc4)c4ccccc4)cc3)c3cc(C)ccc32)cc1. The number of rotatable bonds is 5. The summed E-state index contributed by atoms with van der Waals surface area (Å²) in [5.41, 5.74) is 11.0. The standard InChI is InChI=1S/C39H33N2P/c1-28-14-18-34(19-15-28)41-36-24-16-29(2)26-38(36)42(39-27-30(3)17-25-37(39)41)35-22-20-33(21-23-35)40(31-10-6-4-7-11-31)32-12-8-5-9-13-32/h4-27H,1-3H3. The number of hydrogen-bond acceptors (Lipinski definition) is 2. The Kier molecular flexibility index (Phi) is 6.86. The van der Waals surface area contributed by atoms with Crippen molar-refractivity contribution in [3.8, 4) is 0 Å². The molecule has 2 nitrogen and oxygen atoms in total. The summed E-state index contributed by atoms with van der Waals surface area (Å²) in [4.78, 5) is 4.77. The lowest BCUT2D eigenvalue weighted by Crippen LogP contribution is -2.34. The fraction of sp³-hybridized carbons (Fsp3) is 0.0769. The van der Waals surface area contributed by atoms with Crippen LogP contribution < -0.4 is 25.7 Å². The van der Waals surface area contributed by atoms with Crippen LogP contribution in [-0.2, 0) is 0 Å². The molecule has 7 rings (SSSR count). The monoisotopic (exact) mass is 560 g/mol. The van der Waals surface area contributed by atoms with Crippen LogP contribution in [0.4, 0.5) is 34.1 Å². The highest BCUT2D eigenvalue weighted by atomic mass is 31.1. The average Bonchev–Trinajstić information content (AvgIpc) is 3.02. The lowest BCUT2D eigenvalue weighted by atomic mass is 10.1. The van der Waals surface area contributed by atoms with Gasteiger partial charge < -0.3 is 9.80 Å². The van der Waals surface area contributed by atoms with Crippen LogP contribution in [0.25, 0.3) is 0 Å². The lowest BCUT2D eigenvalue weighted by Gasteiger charge is -2.38. The minimum absolute atomic E-state index is 0.755. The van der Waals surface area contributed by atoms with Crippen LogP contribution >= 0.6 is 7.92 Å². The summed E-state index contributed by atoms with van der Waals surface area (Å²) in [5.74, 6) is 0. The molecule has 0 aromatic heterocycles. The Morgan fingerprint density at radius 3 is 1.40 bits per heavy atom. The molecule has 0 saturated heterocycles. The Morgan fingerprint density at radius 1 is 0.452 bits per heavy atom. The van der Waals surface area contributed by atoms with Crippen LogP contribution in [0.1, 0.15) is 16.7 Å². The molecule has 0 unspecified atom stereocenters. The summed E-state index contributed by atoms with van der Waals surface area (Å²) >= 11 is 0. The second kappa shape index (κ2) is 11.0. The minimum atomic E-state index is -0.755. The fourth-order valence-corrected chi connectivity index (χ4v) is 8.60. The van der Waals surface area contributed by atoms with Gasteiger partial charge in [-0.1, -0.05) is 89.5 Å². The van der Waals surface area contributed by atoms with Crippen LogP contribution in [-0.4, -0.2) is 0 Å². The summed E-state index contributed by atoms with van der Waals surface area (Å²) in [5, 5.41) is 4.16. The van der Waals surface area contributed by atoms with Crippen LogP contribution in [0.3, 0.4) is 0 Å². The first-order chi connectivity index (χ1) is 20.6. The second-order valence-electron chi connectivity index (χ2n) is 11.0. The molecule has 0 radical (unpaired) electrons. The third kappa shape index (κ3) is 4.79. The molecule has 0 N–H and O–H groups in total. The molecule has 0 bridgehead atoms. The highest BCUT2D eigenvalue weighted by Crippen LogP contribution is 2.49. The van der Waals surface area contributed by atoms with E-state index in [-0.39, 0.29) is 0 Å². The quantitative estimate of drug-likeness (QED) is 0.193. The highest BCUT2D eigenvalue weighted by Gasteiger charge is 2.32. The van der Waals surface area contributed by atoms with E-state index >= 15 is 0 Å². The average molecular weight is 561 g/mol. The molecule has 0 fully saturated rings. The van der Waals surface area contributed by atoms with E-state index in [1.165, 1.54) is 49.7 Å². The summed E-state index contributed by atoms with van der Waals surface area (Å²) in [6, 6.07) is 53.3. The van der Waals surface area contributed by atoms with Gasteiger partial charge in [-0.25, -0.2) is 0 Å². The van der Waals surface area contributed by atoms with E-state index in [0.29, 0.717) is 0 Å². The van der Waals surface area contributed by atoms with Gasteiger partial charge in [0.2, 0.25) is 0 Å². The van der Waals surface area contributed by atoms with Gasteiger partial charge in [0, 0.05) is 33.4 Å². The molecule has 42 heavy (non-hydrogen) atoms. The second-order valence-corrected chi connectivity index (χ2v) is 13.2. The first-order valence-corrected chi connectivity index (χ1v) is 15.8. The van der Waals surface area contributed by atoms with Crippen molar-refractivity contribution in [3.63, 3.8) is 0 Å². The van der Waals surface area contributed by atoms with Gasteiger partial charge in [-0.15, -0.1) is 0 Å². The van der Waals surface area contributed by atoms with Gasteiger partial charge in [-0.2, -0.15) is 0 Å². The zero-order chi connectivity index (χ0) is 28.6. The van der Waals surface area contributed by atoms with Crippen LogP contribution in [0, 0.1) is 20.8 Å². The maximum atomic E-state index is 2.45. The lowest BCUT2D eigenvalue weighted by molar-refractivity contribution is 1.28. The van der Waals surface area contributed by atoms with E-state index in [1.54, 1.807) is 0 Å². The summed E-state index contributed by atoms with van der Waals surface area (Å²) in [6.07, 6.45) is 0. The third-order valence-corrected chi connectivity index (χ3v) is 10.4. The Hall–Kier alpha value is -4.65. The van der Waals surface area contributed by atoms with Gasteiger partial charge in [0.15, 0.2) is 0 Å². The highest BCUT2D eigenvalue weighted by molar-refractivity contribution is 7.80. The first kappa shape index (κ1) is 26.3. The predicted octanol–water partition coefficient (Wildman–Crippen LogP) is 9.62. The largest absolute Gasteiger partial charge is 0.311 e. The van der Waals surface area contributed by atoms with Gasteiger partial charge in [0.25, 0.3) is 0 Å². The normalized spacial score (nSPS) is 12.5. The number of para-hydroxylation sites is 2. The van der Waals surface area contributed by atoms with E-state index in [2.05, 4.69) is 176 Å². The molecule has 0 aliphatic carbocycles. The molecule has 1 heterocycles. The molecule has 1 aliphatic heterocycles. The van der Waals surface area contributed by atoms with Crippen molar-refractivity contribution < 1.29 is 0 Å². The molecule has 1 aliphatic rings. The Morgan fingerprint density at radius 2 is 0.905 bits per heavy atom. The van der Waals surface area contributed by atoms with Crippen molar-refractivity contribution in [1.29, 1.82) is 0 Å². The van der Waals surface area contributed by atoms with Gasteiger partial charge in [0.1, 0.15) is 0 Å².